The van der Waals surface area contributed by atoms with Gasteiger partial charge in [-0.1, -0.05) is 19.3 Å². The average Bonchev–Trinajstić information content (AvgIpc) is 2.46. The fraction of sp³-hybridized carbons (Fsp3) is 0.938. The number of hydrogen-bond acceptors (Lipinski definition) is 2. The minimum Gasteiger partial charge on any atom is -0.316 e. The minimum absolute atomic E-state index is 0.484. The minimum atomic E-state index is 0.484. The van der Waals surface area contributed by atoms with E-state index in [0.29, 0.717) is 18.1 Å². The first-order valence-corrected chi connectivity index (χ1v) is 7.94. The summed E-state index contributed by atoms with van der Waals surface area (Å²) in [6.45, 7) is 13.5. The van der Waals surface area contributed by atoms with E-state index in [9.17, 15) is 0 Å². The van der Waals surface area contributed by atoms with Gasteiger partial charge >= 0.3 is 0 Å². The molecule has 3 nitrogen and oxygen atoms in total. The summed E-state index contributed by atoms with van der Waals surface area (Å²) in [7, 11) is 2.19. The van der Waals surface area contributed by atoms with Gasteiger partial charge in [0, 0.05) is 24.7 Å². The van der Waals surface area contributed by atoms with Gasteiger partial charge in [0.25, 0.3) is 0 Å². The van der Waals surface area contributed by atoms with Gasteiger partial charge in [-0.05, 0) is 39.7 Å². The van der Waals surface area contributed by atoms with E-state index in [2.05, 4.69) is 28.6 Å². The summed E-state index contributed by atoms with van der Waals surface area (Å²) in [5.74, 6) is 0. The van der Waals surface area contributed by atoms with Gasteiger partial charge in [-0.15, -0.1) is 0 Å². The summed E-state index contributed by atoms with van der Waals surface area (Å²) >= 11 is 0. The van der Waals surface area contributed by atoms with Crippen LogP contribution in [0.2, 0.25) is 0 Å². The summed E-state index contributed by atoms with van der Waals surface area (Å²) < 4.78 is 0. The van der Waals surface area contributed by atoms with Crippen molar-refractivity contribution in [3.8, 4) is 0 Å². The third-order valence-electron chi connectivity index (χ3n) is 5.35. The molecule has 1 aliphatic carbocycles. The molecular formula is C16H29N3. The molecule has 0 unspecified atom stereocenters. The zero-order chi connectivity index (χ0) is 13.7. The molecule has 0 spiro atoms. The number of likely N-dealkylation sites (tertiary alicyclic amines) is 1. The second-order valence-corrected chi connectivity index (χ2v) is 6.64. The third-order valence-corrected chi connectivity index (χ3v) is 5.35. The summed E-state index contributed by atoms with van der Waals surface area (Å²) in [6.07, 6.45) is 9.62. The highest BCUT2D eigenvalue weighted by Crippen LogP contribution is 2.35. The van der Waals surface area contributed by atoms with Crippen LogP contribution in [0.1, 0.15) is 51.9 Å². The van der Waals surface area contributed by atoms with Crippen LogP contribution in [0.4, 0.5) is 0 Å². The standard InChI is InChI=1S/C16H29N3/c1-16(9-5-4-6-10-16)19-12-7-15(8-13-19)18(3)14-11-17-2/h15H,4-14H2,1,3H3. The maximum absolute atomic E-state index is 6.89. The van der Waals surface area contributed by atoms with Crippen LogP contribution in [0.15, 0.2) is 0 Å². The molecule has 1 aliphatic heterocycles. The fourth-order valence-corrected chi connectivity index (χ4v) is 3.87. The van der Waals surface area contributed by atoms with E-state index in [4.69, 9.17) is 6.57 Å². The van der Waals surface area contributed by atoms with Gasteiger partial charge in [0.2, 0.25) is 6.54 Å². The number of piperidine rings is 1. The quantitative estimate of drug-likeness (QED) is 0.722. The van der Waals surface area contributed by atoms with E-state index < -0.39 is 0 Å². The van der Waals surface area contributed by atoms with E-state index in [0.717, 1.165) is 6.54 Å². The first kappa shape index (κ1) is 14.8. The van der Waals surface area contributed by atoms with Gasteiger partial charge in [0.05, 0.1) is 6.54 Å². The van der Waals surface area contributed by atoms with Gasteiger partial charge in [0.15, 0.2) is 0 Å². The van der Waals surface area contributed by atoms with E-state index >= 15 is 0 Å². The molecule has 3 heteroatoms. The smallest absolute Gasteiger partial charge is 0.227 e. The largest absolute Gasteiger partial charge is 0.316 e. The monoisotopic (exact) mass is 263 g/mol. The van der Waals surface area contributed by atoms with Gasteiger partial charge in [-0.25, -0.2) is 6.57 Å². The van der Waals surface area contributed by atoms with Crippen LogP contribution in [0.3, 0.4) is 0 Å². The van der Waals surface area contributed by atoms with E-state index in [1.165, 1.54) is 58.0 Å². The van der Waals surface area contributed by atoms with Gasteiger partial charge in [0.1, 0.15) is 0 Å². The molecule has 2 fully saturated rings. The Morgan fingerprint density at radius 1 is 1.21 bits per heavy atom. The zero-order valence-corrected chi connectivity index (χ0v) is 12.7. The molecule has 0 amide bonds. The lowest BCUT2D eigenvalue weighted by molar-refractivity contribution is 0.0237. The Morgan fingerprint density at radius 2 is 1.84 bits per heavy atom. The second-order valence-electron chi connectivity index (χ2n) is 6.64. The molecule has 0 N–H and O–H groups in total. The Hall–Kier alpha value is -0.590. The van der Waals surface area contributed by atoms with Crippen LogP contribution in [-0.2, 0) is 0 Å². The molecule has 1 saturated heterocycles. The van der Waals surface area contributed by atoms with Crippen molar-refractivity contribution >= 4 is 0 Å². The van der Waals surface area contributed by atoms with Crippen LogP contribution in [0.25, 0.3) is 4.85 Å². The molecule has 108 valence electrons. The Kier molecular flexibility index (Phi) is 5.24. The predicted molar refractivity (Wildman–Crippen MR) is 80.2 cm³/mol. The van der Waals surface area contributed by atoms with Crippen molar-refractivity contribution in [2.45, 2.75) is 63.5 Å². The highest BCUT2D eigenvalue weighted by Gasteiger charge is 2.35. The highest BCUT2D eigenvalue weighted by atomic mass is 15.2. The molecule has 0 aromatic rings. The van der Waals surface area contributed by atoms with Crippen LogP contribution in [0, 0.1) is 6.57 Å². The molecule has 0 bridgehead atoms. The van der Waals surface area contributed by atoms with Crippen LogP contribution in [-0.4, -0.2) is 54.6 Å². The lowest BCUT2D eigenvalue weighted by atomic mass is 9.80. The summed E-state index contributed by atoms with van der Waals surface area (Å²) in [6, 6.07) is 0.699. The van der Waals surface area contributed by atoms with Crippen LogP contribution >= 0.6 is 0 Å². The fourth-order valence-electron chi connectivity index (χ4n) is 3.87. The van der Waals surface area contributed by atoms with Crippen molar-refractivity contribution in [1.82, 2.24) is 9.80 Å². The highest BCUT2D eigenvalue weighted by molar-refractivity contribution is 4.92. The topological polar surface area (TPSA) is 10.8 Å². The molecule has 0 aromatic heterocycles. The second kappa shape index (κ2) is 6.72. The molecular weight excluding hydrogens is 234 g/mol. The Balaban J connectivity index is 1.80. The molecule has 0 aromatic carbocycles. The number of nitrogens with zero attached hydrogens (tertiary/aromatic N) is 3. The van der Waals surface area contributed by atoms with Crippen molar-refractivity contribution in [3.63, 3.8) is 0 Å². The van der Waals surface area contributed by atoms with Crippen molar-refractivity contribution in [2.75, 3.05) is 33.2 Å². The third kappa shape index (κ3) is 3.70. The van der Waals surface area contributed by atoms with Crippen molar-refractivity contribution in [3.05, 3.63) is 11.4 Å². The van der Waals surface area contributed by atoms with Gasteiger partial charge < -0.3 is 4.85 Å². The molecule has 1 saturated carbocycles. The van der Waals surface area contributed by atoms with E-state index in [1.54, 1.807) is 0 Å². The first-order chi connectivity index (χ1) is 9.15. The van der Waals surface area contributed by atoms with Crippen molar-refractivity contribution < 1.29 is 0 Å². The molecule has 0 atom stereocenters. The summed E-state index contributed by atoms with van der Waals surface area (Å²) in [4.78, 5) is 8.62. The summed E-state index contributed by atoms with van der Waals surface area (Å²) in [5.41, 5.74) is 0.484. The van der Waals surface area contributed by atoms with E-state index in [-0.39, 0.29) is 0 Å². The summed E-state index contributed by atoms with van der Waals surface area (Å²) in [5, 5.41) is 0. The lowest BCUT2D eigenvalue weighted by Gasteiger charge is -2.48. The number of rotatable bonds is 4. The molecule has 1 heterocycles. The predicted octanol–water partition coefficient (Wildman–Crippen LogP) is 3.02. The van der Waals surface area contributed by atoms with E-state index in [1.807, 2.05) is 0 Å². The van der Waals surface area contributed by atoms with Crippen LogP contribution < -0.4 is 0 Å². The maximum Gasteiger partial charge on any atom is 0.227 e. The molecule has 0 radical (unpaired) electrons. The number of hydrogen-bond donors (Lipinski definition) is 0. The van der Waals surface area contributed by atoms with Crippen molar-refractivity contribution in [2.24, 2.45) is 0 Å². The molecule has 2 aliphatic rings. The average molecular weight is 263 g/mol. The van der Waals surface area contributed by atoms with Gasteiger partial charge in [-0.2, -0.15) is 0 Å². The normalized spacial score (nSPS) is 25.4. The Labute approximate surface area is 118 Å². The lowest BCUT2D eigenvalue weighted by Crippen LogP contribution is -2.53. The molecule has 19 heavy (non-hydrogen) atoms. The Morgan fingerprint density at radius 3 is 2.42 bits per heavy atom. The SMILES string of the molecule is [C-]#[N+]CCN(C)C1CCN(C2(C)CCCCC2)CC1. The zero-order valence-electron chi connectivity index (χ0n) is 12.7. The van der Waals surface area contributed by atoms with Crippen molar-refractivity contribution in [1.29, 1.82) is 0 Å². The van der Waals surface area contributed by atoms with Gasteiger partial charge in [-0.3, -0.25) is 9.80 Å². The Bertz CT molecular complexity index is 306. The number of likely N-dealkylation sites (N-methyl/N-ethyl adjacent to an activating group) is 1. The first-order valence-electron chi connectivity index (χ1n) is 7.94. The molecule has 2 rings (SSSR count). The maximum atomic E-state index is 6.89. The van der Waals surface area contributed by atoms with Crippen LogP contribution in [0.5, 0.6) is 0 Å².